The van der Waals surface area contributed by atoms with Crippen LogP contribution in [0.5, 0.6) is 0 Å². The average molecular weight is 488 g/mol. The van der Waals surface area contributed by atoms with E-state index in [0.717, 1.165) is 3.57 Å². The smallest absolute Gasteiger partial charge is 0.253 e. The minimum atomic E-state index is -1.80. The quantitative estimate of drug-likeness (QED) is 0.363. The second kappa shape index (κ2) is 7.88. The highest BCUT2D eigenvalue weighted by Crippen LogP contribution is 2.31. The number of amides is 1. The van der Waals surface area contributed by atoms with Crippen LogP contribution in [0, 0.1) is 9.39 Å². The van der Waals surface area contributed by atoms with E-state index in [2.05, 4.69) is 33.2 Å². The molecule has 1 amide bonds. The number of benzene rings is 2. The number of carbonyl (C=O) groups excluding carboxylic acids is 1. The molecule has 122 valence electrons. The Kier molecular flexibility index (Phi) is 6.36. The van der Waals surface area contributed by atoms with Gasteiger partial charge in [0.2, 0.25) is 3.79 Å². The minimum Gasteiger partial charge on any atom is -0.362 e. The zero-order valence-electron chi connectivity index (χ0n) is 11.5. The summed E-state index contributed by atoms with van der Waals surface area (Å²) in [5.41, 5.74) is 0.947. The normalized spacial score (nSPS) is 12.6. The van der Waals surface area contributed by atoms with Gasteiger partial charge in [0.1, 0.15) is 12.0 Å². The van der Waals surface area contributed by atoms with E-state index in [4.69, 9.17) is 34.8 Å². The van der Waals surface area contributed by atoms with E-state index in [-0.39, 0.29) is 5.82 Å². The van der Waals surface area contributed by atoms with Gasteiger partial charge >= 0.3 is 0 Å². The van der Waals surface area contributed by atoms with Crippen LogP contribution in [0.1, 0.15) is 10.4 Å². The molecule has 2 rings (SSSR count). The van der Waals surface area contributed by atoms with E-state index >= 15 is 0 Å². The van der Waals surface area contributed by atoms with E-state index in [1.54, 1.807) is 18.2 Å². The maximum absolute atomic E-state index is 13.0. The summed E-state index contributed by atoms with van der Waals surface area (Å²) in [5, 5.41) is 5.49. The number of carbonyl (C=O) groups is 1. The SMILES string of the molecule is O=C(N[C@@H](Nc1ccc(F)cc1)C(Cl)(Cl)Cl)c1cccc(I)c1. The fraction of sp³-hybridized carbons (Fsp3) is 0.133. The lowest BCUT2D eigenvalue weighted by Crippen LogP contribution is -2.49. The number of anilines is 1. The van der Waals surface area contributed by atoms with Crippen LogP contribution in [0.2, 0.25) is 0 Å². The Hall–Kier alpha value is -0.760. The molecule has 0 aliphatic rings. The summed E-state index contributed by atoms with van der Waals surface area (Å²) in [4.78, 5) is 12.3. The lowest BCUT2D eigenvalue weighted by molar-refractivity contribution is 0.0942. The fourth-order valence-electron chi connectivity index (χ4n) is 1.76. The molecular weight excluding hydrogens is 476 g/mol. The van der Waals surface area contributed by atoms with Crippen LogP contribution in [0.25, 0.3) is 0 Å². The molecule has 0 aliphatic carbocycles. The van der Waals surface area contributed by atoms with E-state index in [9.17, 15) is 9.18 Å². The van der Waals surface area contributed by atoms with Gasteiger partial charge in [-0.1, -0.05) is 40.9 Å². The third-order valence-electron chi connectivity index (χ3n) is 2.84. The molecule has 2 N–H and O–H groups in total. The van der Waals surface area contributed by atoms with Gasteiger partial charge in [-0.25, -0.2) is 4.39 Å². The zero-order chi connectivity index (χ0) is 17.0. The topological polar surface area (TPSA) is 41.1 Å². The van der Waals surface area contributed by atoms with Crippen LogP contribution in [-0.4, -0.2) is 15.9 Å². The molecule has 0 aliphatic heterocycles. The number of rotatable bonds is 4. The van der Waals surface area contributed by atoms with Gasteiger partial charge in [0.15, 0.2) is 0 Å². The molecule has 2 aromatic rings. The maximum atomic E-state index is 13.0. The molecule has 2 aromatic carbocycles. The largest absolute Gasteiger partial charge is 0.362 e. The number of hydrogen-bond acceptors (Lipinski definition) is 2. The van der Waals surface area contributed by atoms with Gasteiger partial charge in [-0.15, -0.1) is 0 Å². The molecule has 0 saturated carbocycles. The van der Waals surface area contributed by atoms with Crippen molar-refractivity contribution >= 4 is 69.0 Å². The third kappa shape index (κ3) is 5.67. The summed E-state index contributed by atoms with van der Waals surface area (Å²) in [6, 6.07) is 12.5. The van der Waals surface area contributed by atoms with Gasteiger partial charge in [-0.05, 0) is 65.1 Å². The number of alkyl halides is 3. The highest BCUT2D eigenvalue weighted by molar-refractivity contribution is 14.1. The Morgan fingerprint density at radius 3 is 2.35 bits per heavy atom. The predicted molar refractivity (Wildman–Crippen MR) is 101 cm³/mol. The van der Waals surface area contributed by atoms with Crippen molar-refractivity contribution in [1.29, 1.82) is 0 Å². The standard InChI is InChI=1S/C15H11Cl3FIN2O/c16-15(17,18)14(21-12-6-4-10(19)5-7-12)22-13(23)9-2-1-3-11(20)8-9/h1-8,14,21H,(H,22,23)/t14-/m1/s1. The van der Waals surface area contributed by atoms with Gasteiger partial charge in [0, 0.05) is 14.8 Å². The molecule has 23 heavy (non-hydrogen) atoms. The number of nitrogens with one attached hydrogen (secondary N) is 2. The van der Waals surface area contributed by atoms with E-state index in [0.29, 0.717) is 11.3 Å². The highest BCUT2D eigenvalue weighted by atomic mass is 127. The first-order chi connectivity index (χ1) is 10.8. The Morgan fingerprint density at radius 1 is 1.13 bits per heavy atom. The molecule has 1 atom stereocenters. The van der Waals surface area contributed by atoms with Gasteiger partial charge < -0.3 is 10.6 Å². The van der Waals surface area contributed by atoms with Gasteiger partial charge in [-0.2, -0.15) is 0 Å². The van der Waals surface area contributed by atoms with Crippen molar-refractivity contribution in [2.75, 3.05) is 5.32 Å². The summed E-state index contributed by atoms with van der Waals surface area (Å²) in [5.74, 6) is -0.779. The van der Waals surface area contributed by atoms with Crippen LogP contribution in [-0.2, 0) is 0 Å². The fourth-order valence-corrected chi connectivity index (χ4v) is 2.63. The minimum absolute atomic E-state index is 0.385. The monoisotopic (exact) mass is 486 g/mol. The lowest BCUT2D eigenvalue weighted by atomic mass is 10.2. The average Bonchev–Trinajstić information content (AvgIpc) is 2.47. The van der Waals surface area contributed by atoms with Crippen LogP contribution in [0.15, 0.2) is 48.5 Å². The van der Waals surface area contributed by atoms with Crippen molar-refractivity contribution in [3.05, 3.63) is 63.5 Å². The Balaban J connectivity index is 2.16. The molecule has 0 aromatic heterocycles. The van der Waals surface area contributed by atoms with Crippen molar-refractivity contribution in [3.8, 4) is 0 Å². The summed E-state index contributed by atoms with van der Waals surface area (Å²) >= 11 is 19.9. The number of halogens is 5. The first kappa shape index (κ1) is 18.6. The summed E-state index contributed by atoms with van der Waals surface area (Å²) in [6.45, 7) is 0. The van der Waals surface area contributed by atoms with E-state index in [1.807, 2.05) is 6.07 Å². The van der Waals surface area contributed by atoms with Gasteiger partial charge in [-0.3, -0.25) is 4.79 Å². The first-order valence-electron chi connectivity index (χ1n) is 6.41. The molecule has 0 saturated heterocycles. The Labute approximate surface area is 161 Å². The van der Waals surface area contributed by atoms with Crippen molar-refractivity contribution in [1.82, 2.24) is 5.32 Å². The molecule has 0 bridgehead atoms. The molecule has 0 spiro atoms. The zero-order valence-corrected chi connectivity index (χ0v) is 15.9. The van der Waals surface area contributed by atoms with Gasteiger partial charge in [0.05, 0.1) is 0 Å². The second-order valence-corrected chi connectivity index (χ2v) is 8.22. The predicted octanol–water partition coefficient (Wildman–Crippen LogP) is 4.97. The van der Waals surface area contributed by atoms with Crippen LogP contribution in [0.4, 0.5) is 10.1 Å². The van der Waals surface area contributed by atoms with Crippen molar-refractivity contribution in [2.45, 2.75) is 9.96 Å². The molecular formula is C15H11Cl3FIN2O. The van der Waals surface area contributed by atoms with Crippen LogP contribution >= 0.6 is 57.4 Å². The molecule has 0 fully saturated rings. The molecule has 0 unspecified atom stereocenters. The van der Waals surface area contributed by atoms with Crippen LogP contribution in [0.3, 0.4) is 0 Å². The molecule has 0 radical (unpaired) electrons. The second-order valence-electron chi connectivity index (χ2n) is 4.61. The number of hydrogen-bond donors (Lipinski definition) is 2. The molecule has 8 heteroatoms. The Morgan fingerprint density at radius 2 is 1.78 bits per heavy atom. The van der Waals surface area contributed by atoms with E-state index < -0.39 is 15.9 Å². The third-order valence-corrected chi connectivity index (χ3v) is 4.17. The summed E-state index contributed by atoms with van der Waals surface area (Å²) < 4.78 is 12.1. The van der Waals surface area contributed by atoms with Crippen LogP contribution < -0.4 is 10.6 Å². The van der Waals surface area contributed by atoms with Crippen molar-refractivity contribution in [3.63, 3.8) is 0 Å². The first-order valence-corrected chi connectivity index (χ1v) is 8.62. The molecule has 3 nitrogen and oxygen atoms in total. The highest BCUT2D eigenvalue weighted by Gasteiger charge is 2.34. The summed E-state index contributed by atoms with van der Waals surface area (Å²) in [7, 11) is 0. The lowest BCUT2D eigenvalue weighted by Gasteiger charge is -2.27. The Bertz CT molecular complexity index is 692. The van der Waals surface area contributed by atoms with Crippen molar-refractivity contribution in [2.24, 2.45) is 0 Å². The maximum Gasteiger partial charge on any atom is 0.253 e. The van der Waals surface area contributed by atoms with E-state index in [1.165, 1.54) is 24.3 Å². The van der Waals surface area contributed by atoms with Gasteiger partial charge in [0.25, 0.3) is 5.91 Å². The molecule has 0 heterocycles. The summed E-state index contributed by atoms with van der Waals surface area (Å²) in [6.07, 6.45) is -0.997. The van der Waals surface area contributed by atoms with Crippen molar-refractivity contribution < 1.29 is 9.18 Å².